The molecule has 0 N–H and O–H groups in total. The molecule has 2 aromatic rings. The lowest BCUT2D eigenvalue weighted by Gasteiger charge is -2.48. The molecule has 238 valence electrons. The van der Waals surface area contributed by atoms with Gasteiger partial charge in [-0.15, -0.1) is 0 Å². The quantitative estimate of drug-likeness (QED) is 0.0728. The van der Waals surface area contributed by atoms with Crippen LogP contribution in [0.5, 0.6) is 0 Å². The number of carbonyl (C=O) groups excluding carboxylic acids is 2. The summed E-state index contributed by atoms with van der Waals surface area (Å²) in [5.41, 5.74) is 0.767. The molecule has 0 radical (unpaired) electrons. The number of fused-ring (bicyclic) bond motifs is 1. The number of allylic oxidation sites excluding steroid dienone is 1. The molecule has 1 spiro atoms. The lowest BCUT2D eigenvalue weighted by molar-refractivity contribution is -0.248. The van der Waals surface area contributed by atoms with Crippen LogP contribution in [0.1, 0.15) is 40.0 Å². The Hall–Kier alpha value is -2.66. The van der Waals surface area contributed by atoms with Gasteiger partial charge in [-0.05, 0) is 46.5 Å². The minimum absolute atomic E-state index is 0.0166. The molecular formula is C35H46O8Si. The van der Waals surface area contributed by atoms with Gasteiger partial charge in [0.1, 0.15) is 13.1 Å². The van der Waals surface area contributed by atoms with Crippen LogP contribution in [-0.2, 0) is 37.7 Å². The van der Waals surface area contributed by atoms with Gasteiger partial charge in [0.15, 0.2) is 0 Å². The molecule has 1 aliphatic carbocycles. The van der Waals surface area contributed by atoms with E-state index in [0.717, 1.165) is 18.3 Å². The normalized spacial score (nSPS) is 26.5. The average molecular weight is 623 g/mol. The molecule has 8 nitrogen and oxygen atoms in total. The highest BCUT2D eigenvalue weighted by atomic mass is 28.4. The van der Waals surface area contributed by atoms with Crippen LogP contribution in [0.25, 0.3) is 0 Å². The largest absolute Gasteiger partial charge is 0.428 e. The smallest absolute Gasteiger partial charge is 0.316 e. The van der Waals surface area contributed by atoms with E-state index in [1.807, 2.05) is 12.1 Å². The van der Waals surface area contributed by atoms with Gasteiger partial charge in [-0.1, -0.05) is 87.5 Å². The van der Waals surface area contributed by atoms with Gasteiger partial charge < -0.3 is 32.9 Å². The molecule has 5 rings (SSSR count). The number of rotatable bonds is 15. The van der Waals surface area contributed by atoms with E-state index in [1.165, 1.54) is 10.4 Å². The number of esters is 1. The summed E-state index contributed by atoms with van der Waals surface area (Å²) >= 11 is 0. The Labute approximate surface area is 262 Å². The van der Waals surface area contributed by atoms with Gasteiger partial charge in [0.25, 0.3) is 8.32 Å². The van der Waals surface area contributed by atoms with Crippen LogP contribution >= 0.6 is 0 Å². The van der Waals surface area contributed by atoms with Gasteiger partial charge in [-0.25, -0.2) is 0 Å². The number of methoxy groups -OCH3 is 1. The van der Waals surface area contributed by atoms with Crippen LogP contribution in [-0.4, -0.2) is 73.3 Å². The first kappa shape index (κ1) is 32.7. The lowest BCUT2D eigenvalue weighted by atomic mass is 9.65. The van der Waals surface area contributed by atoms with Crippen LogP contribution in [0.15, 0.2) is 72.3 Å². The van der Waals surface area contributed by atoms with Crippen molar-refractivity contribution < 1.29 is 37.7 Å². The number of ether oxygens (including phenoxy) is 5. The highest BCUT2D eigenvalue weighted by Crippen LogP contribution is 2.55. The summed E-state index contributed by atoms with van der Waals surface area (Å²) in [4.78, 5) is 26.1. The van der Waals surface area contributed by atoms with Crippen LogP contribution in [0.2, 0.25) is 5.04 Å². The number of aldehydes is 1. The number of carbonyl (C=O) groups is 2. The van der Waals surface area contributed by atoms with Gasteiger partial charge in [0, 0.05) is 19.3 Å². The van der Waals surface area contributed by atoms with E-state index in [-0.39, 0.29) is 29.6 Å². The molecule has 0 saturated carbocycles. The van der Waals surface area contributed by atoms with Crippen molar-refractivity contribution in [1.29, 1.82) is 0 Å². The number of hydrogen-bond acceptors (Lipinski definition) is 8. The minimum Gasteiger partial charge on any atom is -0.428 e. The van der Waals surface area contributed by atoms with E-state index in [0.29, 0.717) is 45.9 Å². The maximum absolute atomic E-state index is 13.5. The summed E-state index contributed by atoms with van der Waals surface area (Å²) in [5.74, 6) is -2.68. The Morgan fingerprint density at radius 2 is 1.59 bits per heavy atom. The first-order valence-electron chi connectivity index (χ1n) is 15.7. The highest BCUT2D eigenvalue weighted by molar-refractivity contribution is 6.99. The van der Waals surface area contributed by atoms with Gasteiger partial charge in [-0.3, -0.25) is 4.79 Å². The molecule has 2 saturated heterocycles. The molecule has 0 amide bonds. The molecule has 2 aromatic carbocycles. The molecular weight excluding hydrogens is 576 g/mol. The molecule has 0 aromatic heterocycles. The molecule has 5 atom stereocenters. The monoisotopic (exact) mass is 622 g/mol. The topological polar surface area (TPSA) is 89.5 Å². The fourth-order valence-corrected chi connectivity index (χ4v) is 12.0. The first-order valence-corrected chi connectivity index (χ1v) is 17.6. The Kier molecular flexibility index (Phi) is 10.5. The molecule has 2 fully saturated rings. The molecule has 1 unspecified atom stereocenters. The average Bonchev–Trinajstić information content (AvgIpc) is 3.27. The Balaban J connectivity index is 1.38. The van der Waals surface area contributed by atoms with Gasteiger partial charge >= 0.3 is 5.97 Å². The van der Waals surface area contributed by atoms with Crippen molar-refractivity contribution in [2.24, 2.45) is 23.7 Å². The zero-order valence-electron chi connectivity index (χ0n) is 26.4. The van der Waals surface area contributed by atoms with Gasteiger partial charge in [0.05, 0.1) is 38.3 Å². The second-order valence-electron chi connectivity index (χ2n) is 12.9. The van der Waals surface area contributed by atoms with Crippen LogP contribution in [0, 0.1) is 23.7 Å². The Bertz CT molecular complexity index is 1240. The molecule has 2 aliphatic heterocycles. The van der Waals surface area contributed by atoms with Crippen LogP contribution < -0.4 is 10.4 Å². The SMILES string of the molecule is COCCOCOCC[C@H]1C=C2C(CCO[Si](c3ccccc3)(c3ccccc3)C(C)(C)C)C(=O)O[C@]23OCC[C@H]1[C@@H]3C=O. The third kappa shape index (κ3) is 6.23. The summed E-state index contributed by atoms with van der Waals surface area (Å²) in [5, 5.41) is 2.19. The van der Waals surface area contributed by atoms with Crippen LogP contribution in [0.3, 0.4) is 0 Å². The zero-order chi connectivity index (χ0) is 31.2. The summed E-state index contributed by atoms with van der Waals surface area (Å²) in [6, 6.07) is 20.9. The van der Waals surface area contributed by atoms with Gasteiger partial charge in [-0.2, -0.15) is 0 Å². The Morgan fingerprint density at radius 3 is 2.20 bits per heavy atom. The second kappa shape index (κ2) is 14.2. The van der Waals surface area contributed by atoms with Crippen LogP contribution in [0.4, 0.5) is 0 Å². The van der Waals surface area contributed by atoms with E-state index >= 15 is 0 Å². The predicted octanol–water partition coefficient (Wildman–Crippen LogP) is 4.26. The minimum atomic E-state index is -2.78. The maximum Gasteiger partial charge on any atom is 0.316 e. The summed E-state index contributed by atoms with van der Waals surface area (Å²) < 4.78 is 35.5. The van der Waals surface area contributed by atoms with Crippen molar-refractivity contribution in [3.8, 4) is 0 Å². The summed E-state index contributed by atoms with van der Waals surface area (Å²) in [6.07, 6.45) is 4.93. The molecule has 44 heavy (non-hydrogen) atoms. The standard InChI is InChI=1S/C35H46O8Si/c1-34(2,3)44(27-11-7-5-8-12-27,28-13-9-6-10-14-28)42-20-17-30-31-23-26(15-18-39-25-40-22-21-38-4)29-16-19-41-35(31,32(29)24-36)43-33(30)37/h5-14,23-24,26,29-30,32H,15-22,25H2,1-4H3/t26-,29+,30?,32-,35+/m0/s1. The summed E-state index contributed by atoms with van der Waals surface area (Å²) in [7, 11) is -1.15. The molecule has 3 aliphatic rings. The van der Waals surface area contributed by atoms with Crippen molar-refractivity contribution in [1.82, 2.24) is 0 Å². The molecule has 2 bridgehead atoms. The fourth-order valence-electron chi connectivity index (χ4n) is 7.38. The number of benzene rings is 2. The maximum atomic E-state index is 13.5. The van der Waals surface area contributed by atoms with E-state index < -0.39 is 25.9 Å². The summed E-state index contributed by atoms with van der Waals surface area (Å²) in [6.45, 7) is 9.16. The highest BCUT2D eigenvalue weighted by Gasteiger charge is 2.63. The van der Waals surface area contributed by atoms with E-state index in [1.54, 1.807) is 7.11 Å². The first-order chi connectivity index (χ1) is 21.3. The molecule has 2 heterocycles. The van der Waals surface area contributed by atoms with Crippen molar-refractivity contribution in [2.45, 2.75) is 50.9 Å². The van der Waals surface area contributed by atoms with Crippen molar-refractivity contribution >= 4 is 30.9 Å². The van der Waals surface area contributed by atoms with E-state index in [9.17, 15) is 9.59 Å². The fraction of sp³-hybridized carbons (Fsp3) is 0.543. The van der Waals surface area contributed by atoms with E-state index in [4.69, 9.17) is 28.1 Å². The van der Waals surface area contributed by atoms with Crippen molar-refractivity contribution in [3.63, 3.8) is 0 Å². The third-order valence-corrected chi connectivity index (χ3v) is 14.5. The Morgan fingerprint density at radius 1 is 0.932 bits per heavy atom. The van der Waals surface area contributed by atoms with E-state index in [2.05, 4.69) is 75.4 Å². The van der Waals surface area contributed by atoms with Crippen molar-refractivity contribution in [3.05, 3.63) is 72.3 Å². The second-order valence-corrected chi connectivity index (χ2v) is 17.2. The molecule has 9 heteroatoms. The zero-order valence-corrected chi connectivity index (χ0v) is 27.4. The lowest BCUT2D eigenvalue weighted by Crippen LogP contribution is -2.66. The van der Waals surface area contributed by atoms with Gasteiger partial charge in [0.2, 0.25) is 5.79 Å². The van der Waals surface area contributed by atoms with Crippen molar-refractivity contribution in [2.75, 3.05) is 46.9 Å². The number of hydrogen-bond donors (Lipinski definition) is 0. The third-order valence-electron chi connectivity index (χ3n) is 9.41. The predicted molar refractivity (Wildman–Crippen MR) is 169 cm³/mol.